The van der Waals surface area contributed by atoms with E-state index in [2.05, 4.69) is 10.1 Å². The van der Waals surface area contributed by atoms with E-state index < -0.39 is 20.7 Å². The molecule has 0 spiro atoms. The maximum atomic E-state index is 10.7. The summed E-state index contributed by atoms with van der Waals surface area (Å²) in [6, 6.07) is 10.8. The van der Waals surface area contributed by atoms with Crippen molar-refractivity contribution in [1.82, 2.24) is 10.1 Å². The fourth-order valence-electron chi connectivity index (χ4n) is 1.65. The van der Waals surface area contributed by atoms with Crippen LogP contribution in [0.1, 0.15) is 0 Å². The van der Waals surface area contributed by atoms with E-state index in [1.807, 2.05) is 24.3 Å². The molecule has 93 valence electrons. The van der Waals surface area contributed by atoms with E-state index in [0.29, 0.717) is 0 Å². The van der Waals surface area contributed by atoms with E-state index in [4.69, 9.17) is 4.52 Å². The van der Waals surface area contributed by atoms with Crippen molar-refractivity contribution in [2.24, 2.45) is 0 Å². The van der Waals surface area contributed by atoms with Gasteiger partial charge in [-0.2, -0.15) is 0 Å². The number of rotatable bonds is 3. The van der Waals surface area contributed by atoms with Crippen LogP contribution in [0.3, 0.4) is 0 Å². The molecule has 1 radical (unpaired) electrons. The molecule has 7 heteroatoms. The molecule has 3 aromatic rings. The number of nitrogens with zero attached hydrogens (tertiary/aromatic N) is 3. The average molecular weight is 316 g/mol. The normalized spacial score (nSPS) is 11.4. The van der Waals surface area contributed by atoms with Crippen LogP contribution < -0.4 is 8.83 Å². The molecule has 3 rings (SSSR count). The molecule has 0 bridgehead atoms. The fourth-order valence-corrected chi connectivity index (χ4v) is 3.65. The Morgan fingerprint density at radius 2 is 2.11 bits per heavy atom. The van der Waals surface area contributed by atoms with Gasteiger partial charge in [-0.25, -0.2) is 0 Å². The van der Waals surface area contributed by atoms with Crippen LogP contribution in [0.5, 0.6) is 0 Å². The summed E-state index contributed by atoms with van der Waals surface area (Å²) in [7, 11) is 0. The molecule has 19 heavy (non-hydrogen) atoms. The van der Waals surface area contributed by atoms with Crippen molar-refractivity contribution in [3.63, 3.8) is 0 Å². The van der Waals surface area contributed by atoms with Gasteiger partial charge in [0.05, 0.1) is 0 Å². The zero-order chi connectivity index (χ0) is 13.2. The minimum atomic E-state index is -0.495. The van der Waals surface area contributed by atoms with E-state index in [-0.39, 0.29) is 5.82 Å². The van der Waals surface area contributed by atoms with Crippen molar-refractivity contribution in [3.05, 3.63) is 52.7 Å². The quantitative estimate of drug-likeness (QED) is 0.405. The summed E-state index contributed by atoms with van der Waals surface area (Å²) in [6.07, 6.45) is 1.45. The standard InChI is InChI=1S/C12H7AsN3O3/c17-16(18)11-7-8(5-6-14-11)13-12-9-3-1-2-4-10(9)19-15-12/h1-7H. The number of hydrogen-bond donors (Lipinski definition) is 0. The Kier molecular flexibility index (Phi) is 3.01. The van der Waals surface area contributed by atoms with Gasteiger partial charge < -0.3 is 0 Å². The van der Waals surface area contributed by atoms with Gasteiger partial charge >= 0.3 is 114 Å². The van der Waals surface area contributed by atoms with E-state index in [1.165, 1.54) is 12.3 Å². The second kappa shape index (κ2) is 4.82. The molecule has 6 nitrogen and oxygen atoms in total. The van der Waals surface area contributed by atoms with Crippen molar-refractivity contribution >= 4 is 41.4 Å². The van der Waals surface area contributed by atoms with Crippen LogP contribution in [0.4, 0.5) is 5.82 Å². The van der Waals surface area contributed by atoms with Crippen molar-refractivity contribution in [2.45, 2.75) is 0 Å². The Morgan fingerprint density at radius 3 is 2.95 bits per heavy atom. The van der Waals surface area contributed by atoms with Crippen molar-refractivity contribution in [1.29, 1.82) is 0 Å². The van der Waals surface area contributed by atoms with Gasteiger partial charge in [-0.05, 0) is 0 Å². The first-order chi connectivity index (χ1) is 9.24. The maximum absolute atomic E-state index is 10.7. The summed E-state index contributed by atoms with van der Waals surface area (Å²) in [4.78, 5) is 13.9. The molecule has 0 unspecified atom stereocenters. The Balaban J connectivity index is 1.97. The van der Waals surface area contributed by atoms with Crippen molar-refractivity contribution in [2.75, 3.05) is 0 Å². The molecule has 0 atom stereocenters. The monoisotopic (exact) mass is 316 g/mol. The molecule has 0 N–H and O–H groups in total. The summed E-state index contributed by atoms with van der Waals surface area (Å²) >= 11 is -0.465. The number of para-hydroxylation sites is 1. The van der Waals surface area contributed by atoms with Gasteiger partial charge in [0.1, 0.15) is 0 Å². The Bertz CT molecular complexity index is 757. The summed E-state index contributed by atoms with van der Waals surface area (Å²) in [5, 5.41) is 15.7. The molecule has 0 fully saturated rings. The predicted octanol–water partition coefficient (Wildman–Crippen LogP) is 0.786. The van der Waals surface area contributed by atoms with Crippen LogP contribution in [-0.2, 0) is 0 Å². The van der Waals surface area contributed by atoms with E-state index in [0.717, 1.165) is 19.8 Å². The number of nitro groups is 1. The second-order valence-electron chi connectivity index (χ2n) is 3.74. The third kappa shape index (κ3) is 2.35. The van der Waals surface area contributed by atoms with E-state index in [9.17, 15) is 10.1 Å². The first kappa shape index (κ1) is 11.9. The van der Waals surface area contributed by atoms with Crippen LogP contribution in [0.25, 0.3) is 11.0 Å². The fraction of sp³-hybridized carbons (Fsp3) is 0. The third-order valence-corrected chi connectivity index (χ3v) is 4.76. The van der Waals surface area contributed by atoms with Crippen LogP contribution in [0, 0.1) is 10.1 Å². The molecule has 2 heterocycles. The van der Waals surface area contributed by atoms with Crippen molar-refractivity contribution < 1.29 is 9.45 Å². The number of pyridine rings is 1. The topological polar surface area (TPSA) is 82.1 Å². The number of benzene rings is 1. The van der Waals surface area contributed by atoms with Gasteiger partial charge in [0.15, 0.2) is 0 Å². The molecular formula is C12H7AsN3O3. The SMILES string of the molecule is O=[N+]([O-])c1cc([As]c2noc3ccccc23)ccn1. The zero-order valence-electron chi connectivity index (χ0n) is 9.56. The summed E-state index contributed by atoms with van der Waals surface area (Å²) in [6.45, 7) is 0. The van der Waals surface area contributed by atoms with Gasteiger partial charge in [0, 0.05) is 0 Å². The second-order valence-corrected chi connectivity index (χ2v) is 6.18. The Morgan fingerprint density at radius 1 is 1.26 bits per heavy atom. The van der Waals surface area contributed by atoms with Gasteiger partial charge in [-0.1, -0.05) is 0 Å². The Hall–Kier alpha value is -2.20. The molecule has 0 aliphatic heterocycles. The molecule has 0 saturated carbocycles. The van der Waals surface area contributed by atoms with Crippen LogP contribution in [-0.4, -0.2) is 30.8 Å². The number of hydrogen-bond acceptors (Lipinski definition) is 5. The van der Waals surface area contributed by atoms with Gasteiger partial charge in [0.2, 0.25) is 0 Å². The molecule has 1 aromatic carbocycles. The molecule has 0 aliphatic carbocycles. The first-order valence-corrected chi connectivity index (χ1v) is 7.28. The average Bonchev–Trinajstić information content (AvgIpc) is 2.83. The van der Waals surface area contributed by atoms with Crippen LogP contribution in [0.2, 0.25) is 0 Å². The zero-order valence-corrected chi connectivity index (χ0v) is 11.4. The summed E-state index contributed by atoms with van der Waals surface area (Å²) in [5.41, 5.74) is 0.733. The van der Waals surface area contributed by atoms with E-state index >= 15 is 0 Å². The molecule has 0 amide bonds. The third-order valence-electron chi connectivity index (χ3n) is 2.51. The van der Waals surface area contributed by atoms with Gasteiger partial charge in [-0.15, -0.1) is 0 Å². The van der Waals surface area contributed by atoms with Gasteiger partial charge in [-0.3, -0.25) is 0 Å². The molecule has 2 aromatic heterocycles. The predicted molar refractivity (Wildman–Crippen MR) is 69.9 cm³/mol. The summed E-state index contributed by atoms with van der Waals surface area (Å²) < 4.78 is 6.95. The number of fused-ring (bicyclic) bond motifs is 1. The van der Waals surface area contributed by atoms with Crippen LogP contribution >= 0.6 is 0 Å². The van der Waals surface area contributed by atoms with Crippen LogP contribution in [0.15, 0.2) is 47.1 Å². The molecule has 0 saturated heterocycles. The summed E-state index contributed by atoms with van der Waals surface area (Å²) in [5.74, 6) is -0.138. The van der Waals surface area contributed by atoms with Gasteiger partial charge in [0.25, 0.3) is 0 Å². The molecule has 0 aliphatic rings. The molecular weight excluding hydrogens is 309 g/mol. The first-order valence-electron chi connectivity index (χ1n) is 5.40. The Labute approximate surface area is 114 Å². The van der Waals surface area contributed by atoms with E-state index in [1.54, 1.807) is 6.07 Å². The van der Waals surface area contributed by atoms with Crippen molar-refractivity contribution in [3.8, 4) is 0 Å². The minimum absolute atomic E-state index is 0.138. The number of aromatic nitrogens is 2.